The fourth-order valence-corrected chi connectivity index (χ4v) is 2.17. The molecule has 2 aromatic rings. The highest BCUT2D eigenvalue weighted by molar-refractivity contribution is 5.34. The largest absolute Gasteiger partial charge is 0.464 e. The number of benzene rings is 1. The maximum Gasteiger partial charge on any atom is 0.419 e. The lowest BCUT2D eigenvalue weighted by Crippen LogP contribution is -2.23. The first kappa shape index (κ1) is 15.6. The molecule has 0 radical (unpaired) electrons. The zero-order valence-corrected chi connectivity index (χ0v) is 11.6. The monoisotopic (exact) mass is 301 g/mol. The topological polar surface area (TPSA) is 25.2 Å². The van der Waals surface area contributed by atoms with E-state index in [-0.39, 0.29) is 5.56 Å². The minimum atomic E-state index is -4.73. The van der Waals surface area contributed by atoms with Gasteiger partial charge in [-0.2, -0.15) is 13.2 Å². The summed E-state index contributed by atoms with van der Waals surface area (Å²) in [6.07, 6.45) is -4.73. The van der Waals surface area contributed by atoms with Gasteiger partial charge in [-0.15, -0.1) is 0 Å². The van der Waals surface area contributed by atoms with Crippen LogP contribution >= 0.6 is 0 Å². The number of rotatable bonds is 4. The highest BCUT2D eigenvalue weighted by Gasteiger charge is 2.36. The summed E-state index contributed by atoms with van der Waals surface area (Å²) in [4.78, 5) is 0. The summed E-state index contributed by atoms with van der Waals surface area (Å²) in [5.74, 6) is -0.280. The smallest absolute Gasteiger partial charge is 0.419 e. The van der Waals surface area contributed by atoms with E-state index in [1.165, 1.54) is 12.1 Å². The second-order valence-corrected chi connectivity index (χ2v) is 4.65. The van der Waals surface area contributed by atoms with E-state index in [2.05, 4.69) is 5.32 Å². The van der Waals surface area contributed by atoms with Crippen LogP contribution in [0.4, 0.5) is 17.6 Å². The average molecular weight is 301 g/mol. The van der Waals surface area contributed by atoms with Gasteiger partial charge < -0.3 is 9.73 Å². The first-order valence-corrected chi connectivity index (χ1v) is 6.50. The third-order valence-electron chi connectivity index (χ3n) is 3.10. The van der Waals surface area contributed by atoms with Gasteiger partial charge in [0.2, 0.25) is 0 Å². The van der Waals surface area contributed by atoms with Crippen LogP contribution in [0.15, 0.2) is 34.7 Å². The SMILES string of the molecule is CCNC(c1ccc(C)o1)c1cccc(C(F)(F)F)c1F. The summed E-state index contributed by atoms with van der Waals surface area (Å²) < 4.78 is 58.1. The van der Waals surface area contributed by atoms with Crippen molar-refractivity contribution in [2.75, 3.05) is 6.54 Å². The van der Waals surface area contributed by atoms with Gasteiger partial charge in [0, 0.05) is 5.56 Å². The molecule has 1 unspecified atom stereocenters. The molecule has 21 heavy (non-hydrogen) atoms. The third-order valence-corrected chi connectivity index (χ3v) is 3.10. The van der Waals surface area contributed by atoms with Crippen molar-refractivity contribution in [2.45, 2.75) is 26.1 Å². The van der Waals surface area contributed by atoms with Crippen molar-refractivity contribution in [1.82, 2.24) is 5.32 Å². The standard InChI is InChI=1S/C15H15F4NO/c1-3-20-14(12-8-7-9(2)21-12)10-5-4-6-11(13(10)16)15(17,18)19/h4-8,14,20H,3H2,1-2H3. The van der Waals surface area contributed by atoms with Crippen LogP contribution in [-0.2, 0) is 6.18 Å². The first-order chi connectivity index (χ1) is 9.84. The number of furan rings is 1. The van der Waals surface area contributed by atoms with Gasteiger partial charge in [0.1, 0.15) is 17.3 Å². The Bertz CT molecular complexity index is 618. The van der Waals surface area contributed by atoms with Crippen LogP contribution in [-0.4, -0.2) is 6.54 Å². The molecule has 0 amide bonds. The van der Waals surface area contributed by atoms with Crippen LogP contribution in [0, 0.1) is 12.7 Å². The molecule has 0 aliphatic heterocycles. The highest BCUT2D eigenvalue weighted by Crippen LogP contribution is 2.35. The number of hydrogen-bond acceptors (Lipinski definition) is 2. The van der Waals surface area contributed by atoms with Crippen molar-refractivity contribution < 1.29 is 22.0 Å². The van der Waals surface area contributed by atoms with Crippen molar-refractivity contribution in [3.8, 4) is 0 Å². The Hall–Kier alpha value is -1.82. The Morgan fingerprint density at radius 3 is 2.43 bits per heavy atom. The molecular formula is C15H15F4NO. The summed E-state index contributed by atoms with van der Waals surface area (Å²) in [7, 11) is 0. The van der Waals surface area contributed by atoms with E-state index in [1.54, 1.807) is 26.0 Å². The lowest BCUT2D eigenvalue weighted by atomic mass is 10.0. The molecule has 2 rings (SSSR count). The van der Waals surface area contributed by atoms with Gasteiger partial charge in [0.05, 0.1) is 11.6 Å². The number of hydrogen-bond donors (Lipinski definition) is 1. The molecule has 0 saturated heterocycles. The van der Waals surface area contributed by atoms with Crippen LogP contribution in [0.5, 0.6) is 0 Å². The Morgan fingerprint density at radius 1 is 1.19 bits per heavy atom. The second-order valence-electron chi connectivity index (χ2n) is 4.65. The van der Waals surface area contributed by atoms with Crippen LogP contribution in [0.1, 0.15) is 35.6 Å². The van der Waals surface area contributed by atoms with Crippen molar-refractivity contribution in [1.29, 1.82) is 0 Å². The number of halogens is 4. The quantitative estimate of drug-likeness (QED) is 0.844. The predicted molar refractivity (Wildman–Crippen MR) is 70.4 cm³/mol. The normalized spacial score (nSPS) is 13.4. The molecule has 1 aromatic heterocycles. The van der Waals surface area contributed by atoms with Crippen molar-refractivity contribution in [3.05, 3.63) is 58.8 Å². The fraction of sp³-hybridized carbons (Fsp3) is 0.333. The zero-order chi connectivity index (χ0) is 15.6. The molecule has 114 valence electrons. The lowest BCUT2D eigenvalue weighted by Gasteiger charge is -2.19. The van der Waals surface area contributed by atoms with Crippen LogP contribution in [0.25, 0.3) is 0 Å². The average Bonchev–Trinajstić information content (AvgIpc) is 2.82. The van der Waals surface area contributed by atoms with E-state index < -0.39 is 23.6 Å². The molecule has 1 atom stereocenters. The maximum atomic E-state index is 14.2. The lowest BCUT2D eigenvalue weighted by molar-refractivity contribution is -0.140. The summed E-state index contributed by atoms with van der Waals surface area (Å²) in [6, 6.07) is 5.81. The number of aryl methyl sites for hydroxylation is 1. The van der Waals surface area contributed by atoms with E-state index in [0.29, 0.717) is 18.1 Å². The van der Waals surface area contributed by atoms with E-state index in [1.807, 2.05) is 0 Å². The molecular weight excluding hydrogens is 286 g/mol. The molecule has 0 bridgehead atoms. The van der Waals surface area contributed by atoms with E-state index in [4.69, 9.17) is 4.42 Å². The summed E-state index contributed by atoms with van der Waals surface area (Å²) >= 11 is 0. The van der Waals surface area contributed by atoms with Crippen molar-refractivity contribution in [2.24, 2.45) is 0 Å². The van der Waals surface area contributed by atoms with Crippen LogP contribution < -0.4 is 5.32 Å². The van der Waals surface area contributed by atoms with Crippen LogP contribution in [0.3, 0.4) is 0 Å². The Balaban J connectivity index is 2.51. The molecule has 1 aromatic carbocycles. The van der Waals surface area contributed by atoms with Crippen molar-refractivity contribution in [3.63, 3.8) is 0 Å². The van der Waals surface area contributed by atoms with Gasteiger partial charge in [-0.3, -0.25) is 0 Å². The minimum Gasteiger partial charge on any atom is -0.464 e. The minimum absolute atomic E-state index is 0.0824. The van der Waals surface area contributed by atoms with Gasteiger partial charge in [0.25, 0.3) is 0 Å². The Morgan fingerprint density at radius 2 is 1.90 bits per heavy atom. The van der Waals surface area contributed by atoms with Gasteiger partial charge >= 0.3 is 6.18 Å². The van der Waals surface area contributed by atoms with E-state index >= 15 is 0 Å². The first-order valence-electron chi connectivity index (χ1n) is 6.50. The molecule has 0 spiro atoms. The van der Waals surface area contributed by atoms with Gasteiger partial charge in [0.15, 0.2) is 0 Å². The Labute approximate surface area is 119 Å². The highest BCUT2D eigenvalue weighted by atomic mass is 19.4. The second kappa shape index (κ2) is 5.89. The summed E-state index contributed by atoms with van der Waals surface area (Å²) in [5, 5.41) is 2.95. The number of nitrogens with one attached hydrogen (secondary N) is 1. The fourth-order valence-electron chi connectivity index (χ4n) is 2.17. The molecule has 0 aliphatic rings. The molecule has 0 fully saturated rings. The van der Waals surface area contributed by atoms with E-state index in [0.717, 1.165) is 6.07 Å². The zero-order valence-electron chi connectivity index (χ0n) is 11.6. The van der Waals surface area contributed by atoms with Crippen molar-refractivity contribution >= 4 is 0 Å². The molecule has 0 aliphatic carbocycles. The molecule has 2 nitrogen and oxygen atoms in total. The predicted octanol–water partition coefficient (Wildman–Crippen LogP) is 4.44. The van der Waals surface area contributed by atoms with Gasteiger partial charge in [-0.1, -0.05) is 19.1 Å². The summed E-state index contributed by atoms with van der Waals surface area (Å²) in [6.45, 7) is 3.96. The molecule has 6 heteroatoms. The molecule has 0 saturated carbocycles. The molecule has 1 heterocycles. The maximum absolute atomic E-state index is 14.2. The molecule has 1 N–H and O–H groups in total. The summed E-state index contributed by atoms with van der Waals surface area (Å²) in [5.41, 5.74) is -1.35. The van der Waals surface area contributed by atoms with Gasteiger partial charge in [-0.05, 0) is 31.7 Å². The van der Waals surface area contributed by atoms with Gasteiger partial charge in [-0.25, -0.2) is 4.39 Å². The number of alkyl halides is 3. The van der Waals surface area contributed by atoms with Crippen LogP contribution in [0.2, 0.25) is 0 Å². The van der Waals surface area contributed by atoms with E-state index in [9.17, 15) is 17.6 Å². The Kier molecular flexibility index (Phi) is 4.37. The third kappa shape index (κ3) is 3.26.